The van der Waals surface area contributed by atoms with Crippen LogP contribution in [0.1, 0.15) is 11.3 Å². The molecule has 0 saturated carbocycles. The SMILES string of the molecule is Cc1ccccc1-c1nn2c(=O)cc(CN3CCN(S(=O)(=O)c4ccc(F)c(F)c4)CC3)nc2s1. The van der Waals surface area contributed by atoms with Crippen molar-refractivity contribution in [2.45, 2.75) is 18.4 Å². The largest absolute Gasteiger partial charge is 0.295 e. The quantitative estimate of drug-likeness (QED) is 0.405. The Labute approximate surface area is 204 Å². The van der Waals surface area contributed by atoms with Crippen molar-refractivity contribution >= 4 is 26.3 Å². The third-order valence-electron chi connectivity index (χ3n) is 5.92. The van der Waals surface area contributed by atoms with Crippen LogP contribution in [0.15, 0.2) is 58.2 Å². The van der Waals surface area contributed by atoms with Gasteiger partial charge in [-0.25, -0.2) is 22.2 Å². The summed E-state index contributed by atoms with van der Waals surface area (Å²) in [6.07, 6.45) is 0. The maximum atomic E-state index is 13.5. The van der Waals surface area contributed by atoms with Crippen molar-refractivity contribution in [2.75, 3.05) is 26.2 Å². The van der Waals surface area contributed by atoms with Crippen molar-refractivity contribution in [1.29, 1.82) is 0 Å². The summed E-state index contributed by atoms with van der Waals surface area (Å²) >= 11 is 1.34. The first kappa shape index (κ1) is 23.7. The summed E-state index contributed by atoms with van der Waals surface area (Å²) in [5.41, 5.74) is 2.30. The number of piperazine rings is 1. The van der Waals surface area contributed by atoms with Crippen molar-refractivity contribution < 1.29 is 17.2 Å². The molecule has 12 heteroatoms. The number of halogens is 2. The molecule has 2 aromatic heterocycles. The molecule has 4 aromatic rings. The molecule has 0 amide bonds. The van der Waals surface area contributed by atoms with Crippen LogP contribution in [0.3, 0.4) is 0 Å². The summed E-state index contributed by atoms with van der Waals surface area (Å²) in [7, 11) is -3.94. The lowest BCUT2D eigenvalue weighted by atomic mass is 10.1. The minimum atomic E-state index is -3.94. The van der Waals surface area contributed by atoms with E-state index >= 15 is 0 Å². The molecule has 1 aliphatic rings. The summed E-state index contributed by atoms with van der Waals surface area (Å²) in [6, 6.07) is 11.8. The van der Waals surface area contributed by atoms with E-state index in [1.54, 1.807) is 0 Å². The van der Waals surface area contributed by atoms with Gasteiger partial charge >= 0.3 is 0 Å². The molecular weight excluding hydrogens is 496 g/mol. The fourth-order valence-electron chi connectivity index (χ4n) is 4.00. The summed E-state index contributed by atoms with van der Waals surface area (Å²) in [5, 5.41) is 5.14. The zero-order chi connectivity index (χ0) is 24.7. The van der Waals surface area contributed by atoms with Gasteiger partial charge in [0, 0.05) is 44.4 Å². The monoisotopic (exact) mass is 517 g/mol. The van der Waals surface area contributed by atoms with E-state index in [2.05, 4.69) is 10.1 Å². The Hall–Kier alpha value is -3.06. The highest BCUT2D eigenvalue weighted by atomic mass is 32.2. The Kier molecular flexibility index (Phi) is 6.21. The Balaban J connectivity index is 1.30. The van der Waals surface area contributed by atoms with Gasteiger partial charge in [0.05, 0.1) is 10.6 Å². The summed E-state index contributed by atoms with van der Waals surface area (Å²) in [6.45, 7) is 3.53. The molecule has 182 valence electrons. The molecule has 0 N–H and O–H groups in total. The van der Waals surface area contributed by atoms with Gasteiger partial charge in [0.2, 0.25) is 15.0 Å². The topological polar surface area (TPSA) is 87.9 Å². The lowest BCUT2D eigenvalue weighted by Gasteiger charge is -2.33. The number of benzene rings is 2. The van der Waals surface area contributed by atoms with Gasteiger partial charge in [0.1, 0.15) is 5.01 Å². The van der Waals surface area contributed by atoms with Gasteiger partial charge in [-0.05, 0) is 30.7 Å². The van der Waals surface area contributed by atoms with E-state index in [-0.39, 0.29) is 23.5 Å². The molecule has 35 heavy (non-hydrogen) atoms. The normalized spacial score (nSPS) is 15.6. The van der Waals surface area contributed by atoms with Crippen LogP contribution in [0.4, 0.5) is 8.78 Å². The zero-order valence-electron chi connectivity index (χ0n) is 18.7. The maximum Gasteiger partial charge on any atom is 0.275 e. The van der Waals surface area contributed by atoms with E-state index in [1.165, 1.54) is 26.2 Å². The van der Waals surface area contributed by atoms with Gasteiger partial charge in [-0.3, -0.25) is 9.69 Å². The van der Waals surface area contributed by atoms with Gasteiger partial charge in [-0.1, -0.05) is 35.6 Å². The summed E-state index contributed by atoms with van der Waals surface area (Å²) in [5.74, 6) is -2.30. The first-order chi connectivity index (χ1) is 16.7. The van der Waals surface area contributed by atoms with Crippen LogP contribution in [0, 0.1) is 18.6 Å². The fourth-order valence-corrected chi connectivity index (χ4v) is 6.45. The van der Waals surface area contributed by atoms with E-state index < -0.39 is 21.7 Å². The number of rotatable bonds is 5. The van der Waals surface area contributed by atoms with E-state index in [0.29, 0.717) is 41.4 Å². The summed E-state index contributed by atoms with van der Waals surface area (Å²) in [4.78, 5) is 19.5. The van der Waals surface area contributed by atoms with E-state index in [4.69, 9.17) is 0 Å². The highest BCUT2D eigenvalue weighted by molar-refractivity contribution is 7.89. The second-order valence-electron chi connectivity index (χ2n) is 8.26. The highest BCUT2D eigenvalue weighted by Gasteiger charge is 2.29. The van der Waals surface area contributed by atoms with Crippen LogP contribution in [-0.4, -0.2) is 58.4 Å². The minimum Gasteiger partial charge on any atom is -0.295 e. The third-order valence-corrected chi connectivity index (χ3v) is 8.76. The fraction of sp³-hybridized carbons (Fsp3) is 0.261. The molecule has 3 heterocycles. The number of aryl methyl sites for hydroxylation is 1. The Morgan fingerprint density at radius 2 is 1.74 bits per heavy atom. The Morgan fingerprint density at radius 3 is 2.46 bits per heavy atom. The van der Waals surface area contributed by atoms with E-state index in [1.807, 2.05) is 36.1 Å². The number of hydrogen-bond donors (Lipinski definition) is 0. The second kappa shape index (κ2) is 9.19. The molecule has 0 bridgehead atoms. The van der Waals surface area contributed by atoms with Crippen molar-refractivity contribution in [3.63, 3.8) is 0 Å². The van der Waals surface area contributed by atoms with Gasteiger partial charge in [-0.15, -0.1) is 0 Å². The van der Waals surface area contributed by atoms with Gasteiger partial charge < -0.3 is 0 Å². The molecule has 1 saturated heterocycles. The molecule has 8 nitrogen and oxygen atoms in total. The molecule has 5 rings (SSSR count). The lowest BCUT2D eigenvalue weighted by Crippen LogP contribution is -2.48. The lowest BCUT2D eigenvalue weighted by molar-refractivity contribution is 0.180. The van der Waals surface area contributed by atoms with Crippen molar-refractivity contribution in [1.82, 2.24) is 23.8 Å². The molecule has 0 unspecified atom stereocenters. The van der Waals surface area contributed by atoms with E-state index in [0.717, 1.165) is 23.3 Å². The van der Waals surface area contributed by atoms with Crippen LogP contribution in [0.25, 0.3) is 15.5 Å². The molecule has 0 radical (unpaired) electrons. The zero-order valence-corrected chi connectivity index (χ0v) is 20.3. The van der Waals surface area contributed by atoms with Crippen molar-refractivity contribution in [3.8, 4) is 10.6 Å². The van der Waals surface area contributed by atoms with E-state index in [9.17, 15) is 22.0 Å². The predicted molar refractivity (Wildman–Crippen MR) is 128 cm³/mol. The molecular formula is C23H21F2N5O3S2. The molecule has 2 aromatic carbocycles. The first-order valence-electron chi connectivity index (χ1n) is 10.9. The van der Waals surface area contributed by atoms with Crippen LogP contribution in [0.2, 0.25) is 0 Å². The van der Waals surface area contributed by atoms with Crippen molar-refractivity contribution in [3.05, 3.63) is 81.8 Å². The van der Waals surface area contributed by atoms with Crippen LogP contribution < -0.4 is 5.56 Å². The van der Waals surface area contributed by atoms with Crippen molar-refractivity contribution in [2.24, 2.45) is 0 Å². The van der Waals surface area contributed by atoms with Crippen LogP contribution >= 0.6 is 11.3 Å². The summed E-state index contributed by atoms with van der Waals surface area (Å²) < 4.78 is 54.9. The highest BCUT2D eigenvalue weighted by Crippen LogP contribution is 2.27. The molecule has 0 atom stereocenters. The van der Waals surface area contributed by atoms with Crippen LogP contribution in [-0.2, 0) is 16.6 Å². The van der Waals surface area contributed by atoms with Gasteiger partial charge in [0.15, 0.2) is 11.6 Å². The second-order valence-corrected chi connectivity index (χ2v) is 11.2. The minimum absolute atomic E-state index is 0.181. The van der Waals surface area contributed by atoms with Gasteiger partial charge in [0.25, 0.3) is 5.56 Å². The number of aromatic nitrogens is 3. The number of sulfonamides is 1. The molecule has 0 aliphatic carbocycles. The Morgan fingerprint density at radius 1 is 1.00 bits per heavy atom. The van der Waals surface area contributed by atoms with Crippen LogP contribution in [0.5, 0.6) is 0 Å². The molecule has 1 fully saturated rings. The average molecular weight is 518 g/mol. The smallest absolute Gasteiger partial charge is 0.275 e. The predicted octanol–water partition coefficient (Wildman–Crippen LogP) is 2.91. The Bertz CT molecular complexity index is 1580. The van der Waals surface area contributed by atoms with Gasteiger partial charge in [-0.2, -0.15) is 13.9 Å². The number of fused-ring (bicyclic) bond motifs is 1. The molecule has 1 aliphatic heterocycles. The molecule has 0 spiro atoms. The maximum absolute atomic E-state index is 13.5. The average Bonchev–Trinajstić information content (AvgIpc) is 3.26. The standard InChI is InChI=1S/C23H21F2N5O3S2/c1-15-4-2-3-5-18(15)22-27-30-21(31)12-16(26-23(30)34-22)14-28-8-10-29(11-9-28)35(32,33)17-6-7-19(24)20(25)13-17/h2-7,12-13H,8-11,14H2,1H3. The number of hydrogen-bond acceptors (Lipinski definition) is 7. The first-order valence-corrected chi connectivity index (χ1v) is 13.1. The third kappa shape index (κ3) is 4.61. The number of nitrogens with zero attached hydrogens (tertiary/aromatic N) is 5.